The van der Waals surface area contributed by atoms with Crippen LogP contribution in [0.15, 0.2) is 73.6 Å². The zero-order valence-corrected chi connectivity index (χ0v) is 28.4. The molecule has 0 unspecified atom stereocenters. The summed E-state index contributed by atoms with van der Waals surface area (Å²) in [4.78, 5) is 23.0. The lowest BCUT2D eigenvalue weighted by atomic mass is 10.1. The molecule has 12 heteroatoms. The Balaban J connectivity index is 0.000000642. The molecule has 1 aliphatic rings. The first-order valence-corrected chi connectivity index (χ1v) is 15.8. The number of carbonyl (C=O) groups excluding carboxylic acids is 1. The Morgan fingerprint density at radius 2 is 1.87 bits per heavy atom. The van der Waals surface area contributed by atoms with E-state index < -0.39 is 0 Å². The Morgan fingerprint density at radius 3 is 2.43 bits per heavy atom. The maximum Gasteiger partial charge on any atom is 0.247 e. The maximum atomic E-state index is 12.0. The van der Waals surface area contributed by atoms with E-state index in [1.165, 1.54) is 38.2 Å². The minimum Gasteiger partial charge on any atom is -0.492 e. The summed E-state index contributed by atoms with van der Waals surface area (Å²) >= 11 is 9.50. The Morgan fingerprint density at radius 1 is 1.13 bits per heavy atom. The number of amides is 1. The van der Waals surface area contributed by atoms with Crippen molar-refractivity contribution < 1.29 is 14.3 Å². The maximum absolute atomic E-state index is 12.0. The van der Waals surface area contributed by atoms with Gasteiger partial charge in [0.2, 0.25) is 5.91 Å². The minimum atomic E-state index is -0.387. The lowest BCUT2D eigenvalue weighted by molar-refractivity contribution is -0.111. The number of carbonyl (C=O) groups is 1. The van der Waals surface area contributed by atoms with Gasteiger partial charge in [0.1, 0.15) is 24.2 Å². The number of thiol groups is 1. The fraction of sp³-hybridized carbons (Fsp3) is 0.294. The van der Waals surface area contributed by atoms with Crippen LogP contribution in [0.5, 0.6) is 11.5 Å². The number of anilines is 3. The third-order valence-corrected chi connectivity index (χ3v) is 6.76. The van der Waals surface area contributed by atoms with Crippen LogP contribution in [0.2, 0.25) is 5.02 Å². The van der Waals surface area contributed by atoms with Gasteiger partial charge >= 0.3 is 0 Å². The Labute approximate surface area is 282 Å². The molecule has 1 amide bonds. The Hall–Kier alpha value is -4.34. The van der Waals surface area contributed by atoms with Crippen molar-refractivity contribution in [3.8, 4) is 17.6 Å². The molecule has 0 aliphatic carbocycles. The fourth-order valence-corrected chi connectivity index (χ4v) is 4.58. The van der Waals surface area contributed by atoms with Crippen LogP contribution in [0.4, 0.5) is 17.1 Å². The largest absolute Gasteiger partial charge is 0.492 e. The summed E-state index contributed by atoms with van der Waals surface area (Å²) in [6, 6.07) is 16.4. The molecule has 0 saturated carbocycles. The number of likely N-dealkylation sites (tertiary alicyclic amines) is 1. The van der Waals surface area contributed by atoms with Gasteiger partial charge in [0.15, 0.2) is 0 Å². The number of nitrogens with two attached hydrogens (primary N) is 1. The van der Waals surface area contributed by atoms with E-state index in [0.29, 0.717) is 56.7 Å². The smallest absolute Gasteiger partial charge is 0.247 e. The molecular formula is C34H42ClN7O3S. The van der Waals surface area contributed by atoms with E-state index >= 15 is 0 Å². The van der Waals surface area contributed by atoms with Crippen LogP contribution in [0, 0.1) is 11.3 Å². The van der Waals surface area contributed by atoms with E-state index in [-0.39, 0.29) is 12.5 Å². The minimum absolute atomic E-state index is 0.280. The predicted octanol–water partition coefficient (Wildman–Crippen LogP) is 7.53. The van der Waals surface area contributed by atoms with Gasteiger partial charge in [0.25, 0.3) is 0 Å². The van der Waals surface area contributed by atoms with Crippen molar-refractivity contribution in [3.63, 3.8) is 0 Å². The third kappa shape index (κ3) is 11.2. The van der Waals surface area contributed by atoms with Crippen LogP contribution in [0.25, 0.3) is 10.9 Å². The molecule has 1 fully saturated rings. The average Bonchev–Trinajstić information content (AvgIpc) is 3.58. The molecule has 5 rings (SSSR count). The van der Waals surface area contributed by atoms with Crippen LogP contribution >= 0.6 is 24.4 Å². The first-order valence-electron chi connectivity index (χ1n) is 14.9. The summed E-state index contributed by atoms with van der Waals surface area (Å²) in [7, 11) is 2.17. The van der Waals surface area contributed by atoms with E-state index in [0.717, 1.165) is 5.69 Å². The van der Waals surface area contributed by atoms with Crippen LogP contribution in [0.3, 0.4) is 0 Å². The molecule has 244 valence electrons. The molecule has 2 aromatic heterocycles. The number of nitrogens with zero attached hydrogens (tertiary/aromatic N) is 4. The molecule has 0 spiro atoms. The molecule has 0 atom stereocenters. The quantitative estimate of drug-likeness (QED) is 0.106. The summed E-state index contributed by atoms with van der Waals surface area (Å²) in [6.07, 6.45) is 7.18. The molecule has 4 N–H and O–H groups in total. The fourth-order valence-electron chi connectivity index (χ4n) is 4.35. The van der Waals surface area contributed by atoms with Crippen LogP contribution in [0.1, 0.15) is 44.9 Å². The van der Waals surface area contributed by atoms with Gasteiger partial charge in [0, 0.05) is 29.5 Å². The van der Waals surface area contributed by atoms with Crippen molar-refractivity contribution in [1.29, 1.82) is 5.26 Å². The molecular weight excluding hydrogens is 622 g/mol. The number of nitrogens with one attached hydrogen (secondary N) is 2. The van der Waals surface area contributed by atoms with Crippen molar-refractivity contribution in [2.24, 2.45) is 5.14 Å². The number of benzene rings is 2. The highest BCUT2D eigenvalue weighted by molar-refractivity contribution is 7.77. The predicted molar refractivity (Wildman–Crippen MR) is 191 cm³/mol. The summed E-state index contributed by atoms with van der Waals surface area (Å²) in [5, 5.41) is 20.9. The van der Waals surface area contributed by atoms with Gasteiger partial charge in [-0.15, -0.1) is 12.8 Å². The number of pyridine rings is 2. The monoisotopic (exact) mass is 663 g/mol. The molecule has 0 bridgehead atoms. The summed E-state index contributed by atoms with van der Waals surface area (Å²) < 4.78 is 11.5. The number of hydrogen-bond donors (Lipinski definition) is 4. The standard InChI is InChI=1S/C27H22ClN5O3.C5H11N.C2H6.H3NS/c1-3-26(34)33-23-12-20-22(13-25(23)35-4-2)31-15-17(14-29)27(20)32-18-8-9-24(21(28)11-18)36-16-19-7-5-6-10-30-19;1-6-4-2-3-5-6;2*1-2/h3,5-13,15H,1,4,16H2,2H3,(H,31,32)(H,33,34);2-5H2,1H3;1-2H3;2H,1H2. The zero-order valence-electron chi connectivity index (χ0n) is 26.7. The number of hydrogen-bond acceptors (Lipinski definition) is 10. The normalized spacial score (nSPS) is 11.7. The van der Waals surface area contributed by atoms with Gasteiger partial charge in [0.05, 0.1) is 39.8 Å². The lowest BCUT2D eigenvalue weighted by Gasteiger charge is -2.16. The van der Waals surface area contributed by atoms with Crippen molar-refractivity contribution in [1.82, 2.24) is 14.9 Å². The van der Waals surface area contributed by atoms with Gasteiger partial charge in [-0.05, 0) is 82.4 Å². The Kier molecular flexibility index (Phi) is 17.0. The topological polar surface area (TPSA) is 138 Å². The summed E-state index contributed by atoms with van der Waals surface area (Å²) in [5.41, 5.74) is 3.27. The van der Waals surface area contributed by atoms with Crippen molar-refractivity contribution >= 4 is 58.3 Å². The summed E-state index contributed by atoms with van der Waals surface area (Å²) in [5.74, 6) is 0.576. The second-order valence-electron chi connectivity index (χ2n) is 9.54. The van der Waals surface area contributed by atoms with Gasteiger partial charge in [-0.25, -0.2) is 0 Å². The van der Waals surface area contributed by atoms with Gasteiger partial charge in [-0.3, -0.25) is 19.9 Å². The highest BCUT2D eigenvalue weighted by atomic mass is 35.5. The number of nitriles is 1. The van der Waals surface area contributed by atoms with Crippen LogP contribution in [-0.4, -0.2) is 47.5 Å². The first kappa shape index (κ1) is 37.8. The second kappa shape index (κ2) is 20.6. The molecule has 3 heterocycles. The second-order valence-corrected chi connectivity index (χ2v) is 9.95. The van der Waals surface area contributed by atoms with Crippen LogP contribution < -0.4 is 25.2 Å². The third-order valence-electron chi connectivity index (χ3n) is 6.47. The average molecular weight is 664 g/mol. The molecule has 10 nitrogen and oxygen atoms in total. The van der Waals surface area contributed by atoms with E-state index in [4.69, 9.17) is 21.1 Å². The number of ether oxygens (including phenoxy) is 2. The highest BCUT2D eigenvalue weighted by Gasteiger charge is 2.16. The van der Waals surface area contributed by atoms with E-state index in [2.05, 4.69) is 63.2 Å². The highest BCUT2D eigenvalue weighted by Crippen LogP contribution is 2.37. The molecule has 0 radical (unpaired) electrons. The molecule has 1 saturated heterocycles. The number of aromatic nitrogens is 2. The first-order chi connectivity index (χ1) is 22.4. The number of fused-ring (bicyclic) bond motifs is 1. The lowest BCUT2D eigenvalue weighted by Crippen LogP contribution is -2.10. The van der Waals surface area contributed by atoms with E-state index in [1.807, 2.05) is 39.0 Å². The van der Waals surface area contributed by atoms with Crippen molar-refractivity contribution in [2.75, 3.05) is 37.4 Å². The molecule has 1 aliphatic heterocycles. The number of halogens is 1. The molecule has 2 aromatic carbocycles. The van der Waals surface area contributed by atoms with Gasteiger partial charge < -0.3 is 25.0 Å². The van der Waals surface area contributed by atoms with Crippen molar-refractivity contribution in [2.45, 2.75) is 40.2 Å². The van der Waals surface area contributed by atoms with E-state index in [9.17, 15) is 10.1 Å². The van der Waals surface area contributed by atoms with E-state index in [1.54, 1.807) is 36.5 Å². The van der Waals surface area contributed by atoms with Crippen LogP contribution in [-0.2, 0) is 11.4 Å². The van der Waals surface area contributed by atoms with Gasteiger partial charge in [-0.1, -0.05) is 38.1 Å². The number of rotatable bonds is 9. The van der Waals surface area contributed by atoms with Gasteiger partial charge in [-0.2, -0.15) is 5.26 Å². The zero-order chi connectivity index (χ0) is 33.9. The van der Waals surface area contributed by atoms with Crippen molar-refractivity contribution in [3.05, 3.63) is 89.9 Å². The summed E-state index contributed by atoms with van der Waals surface area (Å²) in [6.45, 7) is 12.7. The Bertz CT molecular complexity index is 1590. The SMILES string of the molecule is C=CC(=O)Nc1cc2c(Nc3ccc(OCc4ccccn4)c(Cl)c3)c(C#N)cnc2cc1OCC.CC.CN1CCCC1.NS. The molecule has 46 heavy (non-hydrogen) atoms. The molecule has 4 aromatic rings.